The summed E-state index contributed by atoms with van der Waals surface area (Å²) < 4.78 is 27.2. The maximum atomic E-state index is 12.7. The minimum atomic E-state index is -3.60. The van der Waals surface area contributed by atoms with Crippen LogP contribution in [0.3, 0.4) is 0 Å². The molecule has 0 radical (unpaired) electrons. The van der Waals surface area contributed by atoms with Crippen LogP contribution in [0.4, 0.5) is 0 Å². The van der Waals surface area contributed by atoms with Crippen molar-refractivity contribution in [1.29, 1.82) is 0 Å². The fourth-order valence-electron chi connectivity index (χ4n) is 2.59. The summed E-state index contributed by atoms with van der Waals surface area (Å²) in [6.45, 7) is 5.55. The van der Waals surface area contributed by atoms with Crippen LogP contribution in [-0.4, -0.2) is 36.4 Å². The molecule has 112 valence electrons. The largest absolute Gasteiger partial charge is 0.481 e. The molecule has 7 heteroatoms. The van der Waals surface area contributed by atoms with Crippen LogP contribution in [0.5, 0.6) is 0 Å². The van der Waals surface area contributed by atoms with E-state index < -0.39 is 21.9 Å². The van der Waals surface area contributed by atoms with Gasteiger partial charge in [0, 0.05) is 17.5 Å². The van der Waals surface area contributed by atoms with E-state index in [2.05, 4.69) is 0 Å². The molecule has 0 amide bonds. The first kappa shape index (κ1) is 15.5. The second kappa shape index (κ2) is 5.46. The number of carboxylic acids is 1. The zero-order valence-electron chi connectivity index (χ0n) is 11.8. The molecule has 1 aromatic rings. The number of hydrogen-bond donors (Lipinski definition) is 1. The Labute approximate surface area is 123 Å². The number of carbonyl (C=O) groups is 1. The Morgan fingerprint density at radius 2 is 2.05 bits per heavy atom. The summed E-state index contributed by atoms with van der Waals surface area (Å²) in [5, 5.41) is 9.12. The molecule has 1 aliphatic heterocycles. The number of hydrogen-bond acceptors (Lipinski definition) is 4. The molecule has 0 saturated carbocycles. The monoisotopic (exact) mass is 317 g/mol. The highest BCUT2D eigenvalue weighted by Gasteiger charge is 2.38. The van der Waals surface area contributed by atoms with Gasteiger partial charge in [0.15, 0.2) is 0 Å². The van der Waals surface area contributed by atoms with Gasteiger partial charge in [0.25, 0.3) is 10.0 Å². The number of nitrogens with zero attached hydrogens (tertiary/aromatic N) is 1. The number of rotatable bonds is 3. The minimum Gasteiger partial charge on any atom is -0.481 e. The van der Waals surface area contributed by atoms with Gasteiger partial charge >= 0.3 is 5.97 Å². The molecule has 2 heterocycles. The summed E-state index contributed by atoms with van der Waals surface area (Å²) in [6, 6.07) is 1.69. The summed E-state index contributed by atoms with van der Waals surface area (Å²) in [5.74, 6) is -1.53. The molecule has 1 saturated heterocycles. The van der Waals surface area contributed by atoms with Gasteiger partial charge in [-0.25, -0.2) is 8.42 Å². The quantitative estimate of drug-likeness (QED) is 0.927. The van der Waals surface area contributed by atoms with Gasteiger partial charge in [-0.05, 0) is 45.2 Å². The van der Waals surface area contributed by atoms with Crippen LogP contribution in [0.15, 0.2) is 10.3 Å². The lowest BCUT2D eigenvalue weighted by atomic mass is 9.96. The van der Waals surface area contributed by atoms with E-state index in [1.807, 2.05) is 19.9 Å². The molecule has 0 bridgehead atoms. The van der Waals surface area contributed by atoms with E-state index in [9.17, 15) is 13.2 Å². The van der Waals surface area contributed by atoms with Crippen LogP contribution in [0.25, 0.3) is 0 Å². The van der Waals surface area contributed by atoms with Crippen molar-refractivity contribution in [3.63, 3.8) is 0 Å². The zero-order chi connectivity index (χ0) is 15.1. The number of aliphatic carboxylic acids is 1. The molecule has 1 aliphatic rings. The molecule has 5 nitrogen and oxygen atoms in total. The van der Waals surface area contributed by atoms with Crippen LogP contribution >= 0.6 is 11.3 Å². The molecule has 2 atom stereocenters. The first-order chi connectivity index (χ1) is 9.23. The number of thiophene rings is 1. The summed E-state index contributed by atoms with van der Waals surface area (Å²) in [4.78, 5) is 12.1. The molecule has 0 aromatic carbocycles. The van der Waals surface area contributed by atoms with Crippen molar-refractivity contribution in [2.45, 2.75) is 43.9 Å². The maximum Gasteiger partial charge on any atom is 0.307 e. The average molecular weight is 317 g/mol. The molecule has 1 N–H and O–H groups in total. The van der Waals surface area contributed by atoms with Gasteiger partial charge in [-0.15, -0.1) is 11.3 Å². The SMILES string of the molecule is Cc1cc(C)c(S(=O)(=O)N2CC(C(=O)O)CCC2C)s1. The van der Waals surface area contributed by atoms with Crippen molar-refractivity contribution in [2.75, 3.05) is 6.54 Å². The second-order valence-electron chi connectivity index (χ2n) is 5.36. The first-order valence-corrected chi connectivity index (χ1v) is 8.81. The van der Waals surface area contributed by atoms with Crippen molar-refractivity contribution in [3.8, 4) is 0 Å². The Morgan fingerprint density at radius 3 is 2.55 bits per heavy atom. The lowest BCUT2D eigenvalue weighted by Crippen LogP contribution is -2.47. The number of aryl methyl sites for hydroxylation is 2. The molecule has 0 aliphatic carbocycles. The van der Waals surface area contributed by atoms with E-state index in [1.54, 1.807) is 6.92 Å². The van der Waals surface area contributed by atoms with Crippen molar-refractivity contribution >= 4 is 27.3 Å². The molecule has 0 spiro atoms. The normalized spacial score (nSPS) is 24.8. The maximum absolute atomic E-state index is 12.7. The van der Waals surface area contributed by atoms with Crippen LogP contribution in [0.2, 0.25) is 0 Å². The Bertz CT molecular complexity index is 620. The van der Waals surface area contributed by atoms with Crippen LogP contribution in [-0.2, 0) is 14.8 Å². The van der Waals surface area contributed by atoms with Crippen LogP contribution in [0.1, 0.15) is 30.2 Å². The van der Waals surface area contributed by atoms with Gasteiger partial charge < -0.3 is 5.11 Å². The van der Waals surface area contributed by atoms with E-state index in [1.165, 1.54) is 15.6 Å². The number of carboxylic acid groups (broad SMARTS) is 1. The number of piperidine rings is 1. The van der Waals surface area contributed by atoms with Crippen LogP contribution < -0.4 is 0 Å². The smallest absolute Gasteiger partial charge is 0.307 e. The Balaban J connectivity index is 2.37. The topological polar surface area (TPSA) is 74.7 Å². The van der Waals surface area contributed by atoms with Gasteiger partial charge in [0.05, 0.1) is 5.92 Å². The van der Waals surface area contributed by atoms with E-state index in [0.29, 0.717) is 17.1 Å². The second-order valence-corrected chi connectivity index (χ2v) is 8.71. The fraction of sp³-hybridized carbons (Fsp3) is 0.615. The fourth-order valence-corrected chi connectivity index (χ4v) is 6.08. The third-order valence-corrected chi connectivity index (χ3v) is 7.46. The highest BCUT2D eigenvalue weighted by atomic mass is 32.2. The van der Waals surface area contributed by atoms with E-state index >= 15 is 0 Å². The Morgan fingerprint density at radius 1 is 1.40 bits per heavy atom. The number of sulfonamides is 1. The summed E-state index contributed by atoms with van der Waals surface area (Å²) >= 11 is 1.25. The Hall–Kier alpha value is -0.920. The molecule has 1 aromatic heterocycles. The average Bonchev–Trinajstić information content (AvgIpc) is 2.69. The van der Waals surface area contributed by atoms with Crippen molar-refractivity contribution < 1.29 is 18.3 Å². The Kier molecular flexibility index (Phi) is 4.22. The molecule has 2 rings (SSSR count). The molecular weight excluding hydrogens is 298 g/mol. The molecule has 20 heavy (non-hydrogen) atoms. The van der Waals surface area contributed by atoms with Gasteiger partial charge in [-0.3, -0.25) is 4.79 Å². The lowest BCUT2D eigenvalue weighted by molar-refractivity contribution is -0.143. The minimum absolute atomic E-state index is 0.0647. The molecule has 2 unspecified atom stereocenters. The van der Waals surface area contributed by atoms with Crippen molar-refractivity contribution in [1.82, 2.24) is 4.31 Å². The summed E-state index contributed by atoms with van der Waals surface area (Å²) in [5.41, 5.74) is 0.733. The van der Waals surface area contributed by atoms with Gasteiger partial charge in [0.2, 0.25) is 0 Å². The van der Waals surface area contributed by atoms with E-state index in [-0.39, 0.29) is 12.6 Å². The first-order valence-electron chi connectivity index (χ1n) is 6.55. The highest BCUT2D eigenvalue weighted by Crippen LogP contribution is 2.33. The highest BCUT2D eigenvalue weighted by molar-refractivity contribution is 7.91. The van der Waals surface area contributed by atoms with Gasteiger partial charge in [-0.1, -0.05) is 0 Å². The zero-order valence-corrected chi connectivity index (χ0v) is 13.4. The third kappa shape index (κ3) is 2.75. The molecular formula is C13H19NO4S2. The van der Waals surface area contributed by atoms with Crippen LogP contribution in [0, 0.1) is 19.8 Å². The summed E-state index contributed by atoms with van der Waals surface area (Å²) in [7, 11) is -3.60. The standard InChI is InChI=1S/C13H19NO4S2/c1-8-6-10(3)19-13(8)20(17,18)14-7-11(12(15)16)5-4-9(14)2/h6,9,11H,4-5,7H2,1-3H3,(H,15,16). The van der Waals surface area contributed by atoms with Crippen molar-refractivity contribution in [2.24, 2.45) is 5.92 Å². The molecule has 1 fully saturated rings. The predicted molar refractivity (Wildman–Crippen MR) is 77.5 cm³/mol. The van der Waals surface area contributed by atoms with Gasteiger partial charge in [-0.2, -0.15) is 4.31 Å². The van der Waals surface area contributed by atoms with E-state index in [0.717, 1.165) is 10.4 Å². The van der Waals surface area contributed by atoms with Gasteiger partial charge in [0.1, 0.15) is 4.21 Å². The lowest BCUT2D eigenvalue weighted by Gasteiger charge is -2.35. The summed E-state index contributed by atoms with van der Waals surface area (Å²) in [6.07, 6.45) is 1.12. The third-order valence-electron chi connectivity index (χ3n) is 3.71. The van der Waals surface area contributed by atoms with Crippen molar-refractivity contribution in [3.05, 3.63) is 16.5 Å². The van der Waals surface area contributed by atoms with E-state index in [4.69, 9.17) is 5.11 Å². The predicted octanol–water partition coefficient (Wildman–Crippen LogP) is 2.24.